The topological polar surface area (TPSA) is 98.2 Å². The number of rotatable bonds is 6. The van der Waals surface area contributed by atoms with Crippen LogP contribution in [0, 0.1) is 0 Å². The summed E-state index contributed by atoms with van der Waals surface area (Å²) in [6.45, 7) is 4.53. The lowest BCUT2D eigenvalue weighted by molar-refractivity contribution is -0.134. The highest BCUT2D eigenvalue weighted by molar-refractivity contribution is 5.92. The van der Waals surface area contributed by atoms with Crippen molar-refractivity contribution >= 4 is 23.5 Å². The standard InChI is InChI=1S/C13H20N2O.C4H4O4/c1-11(10-14(3)4)15(12(2)16)13-8-6-5-7-9-13;5-3(6)1-2-4(7)8/h5-9,11H,10H2,1-4H3;1-2H,(H,5,6)(H,7,8)/b;2-1+. The van der Waals surface area contributed by atoms with E-state index >= 15 is 0 Å². The van der Waals surface area contributed by atoms with Gasteiger partial charge in [-0.3, -0.25) is 4.79 Å². The van der Waals surface area contributed by atoms with Gasteiger partial charge in [-0.2, -0.15) is 0 Å². The number of likely N-dealkylation sites (N-methyl/N-ethyl adjacent to an activating group) is 1. The van der Waals surface area contributed by atoms with Crippen LogP contribution < -0.4 is 4.90 Å². The minimum Gasteiger partial charge on any atom is -0.478 e. The SMILES string of the molecule is CC(=O)N(c1ccccc1)C(C)CN(C)C.O=C(O)/C=C/C(=O)O. The van der Waals surface area contributed by atoms with Crippen molar-refractivity contribution in [2.24, 2.45) is 0 Å². The lowest BCUT2D eigenvalue weighted by atomic mass is 10.2. The number of hydrogen-bond acceptors (Lipinski definition) is 4. The zero-order chi connectivity index (χ0) is 18.7. The van der Waals surface area contributed by atoms with Crippen molar-refractivity contribution in [3.8, 4) is 0 Å². The molecule has 0 bridgehead atoms. The van der Waals surface area contributed by atoms with E-state index in [9.17, 15) is 14.4 Å². The number of nitrogens with zero attached hydrogens (tertiary/aromatic N) is 2. The predicted octanol–water partition coefficient (Wildman–Crippen LogP) is 1.70. The van der Waals surface area contributed by atoms with Gasteiger partial charge < -0.3 is 20.0 Å². The fourth-order valence-corrected chi connectivity index (χ4v) is 2.09. The van der Waals surface area contributed by atoms with Crippen LogP contribution in [0.1, 0.15) is 13.8 Å². The van der Waals surface area contributed by atoms with Gasteiger partial charge in [0.2, 0.25) is 5.91 Å². The number of carboxylic acid groups (broad SMARTS) is 2. The van der Waals surface area contributed by atoms with Gasteiger partial charge >= 0.3 is 11.9 Å². The lowest BCUT2D eigenvalue weighted by Crippen LogP contribution is -2.43. The summed E-state index contributed by atoms with van der Waals surface area (Å²) in [7, 11) is 4.03. The van der Waals surface area contributed by atoms with Crippen LogP contribution in [0.25, 0.3) is 0 Å². The Morgan fingerprint density at radius 3 is 1.83 bits per heavy atom. The van der Waals surface area contributed by atoms with Crippen molar-refractivity contribution in [3.63, 3.8) is 0 Å². The van der Waals surface area contributed by atoms with E-state index in [2.05, 4.69) is 11.8 Å². The summed E-state index contributed by atoms with van der Waals surface area (Å²) in [4.78, 5) is 34.7. The van der Waals surface area contributed by atoms with Gasteiger partial charge in [-0.05, 0) is 33.2 Å². The number of anilines is 1. The van der Waals surface area contributed by atoms with E-state index in [1.165, 1.54) is 0 Å². The summed E-state index contributed by atoms with van der Waals surface area (Å²) < 4.78 is 0. The van der Waals surface area contributed by atoms with Crippen LogP contribution in [-0.4, -0.2) is 59.6 Å². The van der Waals surface area contributed by atoms with E-state index in [1.54, 1.807) is 6.92 Å². The first-order chi connectivity index (χ1) is 11.1. The van der Waals surface area contributed by atoms with E-state index in [4.69, 9.17) is 10.2 Å². The summed E-state index contributed by atoms with van der Waals surface area (Å²) >= 11 is 0. The average molecular weight is 336 g/mol. The van der Waals surface area contributed by atoms with Gasteiger partial charge in [0.15, 0.2) is 0 Å². The zero-order valence-corrected chi connectivity index (χ0v) is 14.3. The first-order valence-electron chi connectivity index (χ1n) is 7.28. The smallest absolute Gasteiger partial charge is 0.328 e. The average Bonchev–Trinajstić information content (AvgIpc) is 2.46. The van der Waals surface area contributed by atoms with Crippen LogP contribution in [0.15, 0.2) is 42.5 Å². The molecule has 2 N–H and O–H groups in total. The normalized spacial score (nSPS) is 11.5. The summed E-state index contributed by atoms with van der Waals surface area (Å²) in [6, 6.07) is 9.97. The van der Waals surface area contributed by atoms with Gasteiger partial charge in [0.05, 0.1) is 0 Å². The minimum absolute atomic E-state index is 0.0838. The second-order valence-electron chi connectivity index (χ2n) is 5.35. The molecule has 1 aromatic carbocycles. The Morgan fingerprint density at radius 1 is 1.04 bits per heavy atom. The monoisotopic (exact) mass is 336 g/mol. The van der Waals surface area contributed by atoms with Crippen LogP contribution in [0.3, 0.4) is 0 Å². The molecular formula is C17H24N2O5. The summed E-state index contributed by atoms with van der Waals surface area (Å²) in [6.07, 6.45) is 1.12. The zero-order valence-electron chi connectivity index (χ0n) is 14.3. The van der Waals surface area contributed by atoms with Crippen LogP contribution in [-0.2, 0) is 14.4 Å². The Kier molecular flexibility index (Phi) is 9.74. The highest BCUT2D eigenvalue weighted by Gasteiger charge is 2.18. The number of aliphatic carboxylic acids is 2. The second kappa shape index (κ2) is 11.0. The molecule has 132 valence electrons. The van der Waals surface area contributed by atoms with Gasteiger partial charge in [0.1, 0.15) is 0 Å². The van der Waals surface area contributed by atoms with Crippen LogP contribution >= 0.6 is 0 Å². The van der Waals surface area contributed by atoms with Crippen molar-refractivity contribution < 1.29 is 24.6 Å². The first kappa shape index (κ1) is 21.3. The van der Waals surface area contributed by atoms with Crippen molar-refractivity contribution in [1.29, 1.82) is 0 Å². The Balaban J connectivity index is 0.000000561. The summed E-state index contributed by atoms with van der Waals surface area (Å²) in [5, 5.41) is 15.6. The number of para-hydroxylation sites is 1. The molecule has 0 aromatic heterocycles. The maximum absolute atomic E-state index is 11.7. The Hall–Kier alpha value is -2.67. The van der Waals surface area contributed by atoms with Crippen LogP contribution in [0.2, 0.25) is 0 Å². The maximum Gasteiger partial charge on any atom is 0.328 e. The number of hydrogen-bond donors (Lipinski definition) is 2. The van der Waals surface area contributed by atoms with Crippen molar-refractivity contribution in [1.82, 2.24) is 4.90 Å². The predicted molar refractivity (Wildman–Crippen MR) is 92.0 cm³/mol. The molecule has 0 saturated carbocycles. The summed E-state index contributed by atoms with van der Waals surface area (Å²) in [5.41, 5.74) is 0.962. The molecule has 7 nitrogen and oxygen atoms in total. The Labute approximate surface area is 141 Å². The molecule has 0 saturated heterocycles. The molecule has 0 fully saturated rings. The van der Waals surface area contributed by atoms with Crippen LogP contribution in [0.5, 0.6) is 0 Å². The first-order valence-corrected chi connectivity index (χ1v) is 7.28. The number of benzene rings is 1. The quantitative estimate of drug-likeness (QED) is 0.767. The van der Waals surface area contributed by atoms with E-state index in [1.807, 2.05) is 49.3 Å². The third kappa shape index (κ3) is 9.37. The number of carbonyl (C=O) groups excluding carboxylic acids is 1. The van der Waals surface area contributed by atoms with E-state index in [0.717, 1.165) is 12.2 Å². The molecule has 0 spiro atoms. The molecule has 1 aromatic rings. The molecular weight excluding hydrogens is 312 g/mol. The molecule has 0 aliphatic heterocycles. The molecule has 0 aliphatic carbocycles. The fraction of sp³-hybridized carbons (Fsp3) is 0.353. The van der Waals surface area contributed by atoms with Crippen molar-refractivity contribution in [3.05, 3.63) is 42.5 Å². The third-order valence-corrected chi connectivity index (χ3v) is 2.81. The van der Waals surface area contributed by atoms with Gasteiger partial charge in [-0.25, -0.2) is 9.59 Å². The van der Waals surface area contributed by atoms with E-state index in [0.29, 0.717) is 12.2 Å². The number of carbonyl (C=O) groups is 3. The Bertz CT molecular complexity index is 554. The number of amides is 1. The molecule has 0 heterocycles. The summed E-state index contributed by atoms with van der Waals surface area (Å²) in [5.74, 6) is -2.43. The minimum atomic E-state index is -1.26. The van der Waals surface area contributed by atoms with Gasteiger partial charge in [-0.15, -0.1) is 0 Å². The lowest BCUT2D eigenvalue weighted by Gasteiger charge is -2.30. The van der Waals surface area contributed by atoms with Crippen molar-refractivity contribution in [2.75, 3.05) is 25.5 Å². The van der Waals surface area contributed by atoms with Crippen LogP contribution in [0.4, 0.5) is 5.69 Å². The molecule has 0 radical (unpaired) electrons. The molecule has 24 heavy (non-hydrogen) atoms. The second-order valence-corrected chi connectivity index (χ2v) is 5.35. The highest BCUT2D eigenvalue weighted by atomic mass is 16.4. The van der Waals surface area contributed by atoms with Gasteiger partial charge in [-0.1, -0.05) is 18.2 Å². The molecule has 0 aliphatic rings. The van der Waals surface area contributed by atoms with E-state index < -0.39 is 11.9 Å². The van der Waals surface area contributed by atoms with Gasteiger partial charge in [0, 0.05) is 37.3 Å². The third-order valence-electron chi connectivity index (χ3n) is 2.81. The molecule has 7 heteroatoms. The highest BCUT2D eigenvalue weighted by Crippen LogP contribution is 2.16. The number of carboxylic acids is 2. The largest absolute Gasteiger partial charge is 0.478 e. The fourth-order valence-electron chi connectivity index (χ4n) is 2.09. The molecule has 1 unspecified atom stereocenters. The molecule has 1 rings (SSSR count). The van der Waals surface area contributed by atoms with E-state index in [-0.39, 0.29) is 11.9 Å². The Morgan fingerprint density at radius 2 is 1.50 bits per heavy atom. The maximum atomic E-state index is 11.7. The molecule has 1 amide bonds. The van der Waals surface area contributed by atoms with Gasteiger partial charge in [0.25, 0.3) is 0 Å². The molecule has 1 atom stereocenters. The van der Waals surface area contributed by atoms with Crippen molar-refractivity contribution in [2.45, 2.75) is 19.9 Å².